The van der Waals surface area contributed by atoms with Gasteiger partial charge in [-0.2, -0.15) is 0 Å². The lowest BCUT2D eigenvalue weighted by Gasteiger charge is -2.30. The normalized spacial score (nSPS) is 17.5. The molecule has 0 spiro atoms. The average Bonchev–Trinajstić information content (AvgIpc) is 3.54. The second kappa shape index (κ2) is 7.87. The van der Waals surface area contributed by atoms with E-state index in [2.05, 4.69) is 15.5 Å². The molecule has 0 atom stereocenters. The third-order valence-electron chi connectivity index (χ3n) is 5.84. The lowest BCUT2D eigenvalue weighted by atomic mass is 10.0. The molecule has 2 amide bonds. The van der Waals surface area contributed by atoms with Crippen LogP contribution >= 0.6 is 0 Å². The monoisotopic (exact) mass is 393 g/mol. The number of morpholine rings is 1. The number of anilines is 3. The Kier molecular flexibility index (Phi) is 5.28. The molecule has 152 valence electrons. The van der Waals surface area contributed by atoms with Crippen molar-refractivity contribution in [2.24, 2.45) is 5.41 Å². The van der Waals surface area contributed by atoms with Crippen LogP contribution in [0.5, 0.6) is 0 Å². The number of aryl methyl sites for hydroxylation is 2. The molecule has 2 aliphatic rings. The molecular formula is C23H27N3O3. The fraction of sp³-hybridized carbons (Fsp3) is 0.391. The molecule has 1 aliphatic carbocycles. The number of carbonyl (C=O) groups is 2. The van der Waals surface area contributed by atoms with Crippen molar-refractivity contribution in [2.45, 2.75) is 26.7 Å². The number of nitrogens with one attached hydrogen (secondary N) is 2. The molecule has 1 saturated carbocycles. The first-order valence-electron chi connectivity index (χ1n) is 10.1. The van der Waals surface area contributed by atoms with E-state index in [-0.39, 0.29) is 11.8 Å². The summed E-state index contributed by atoms with van der Waals surface area (Å²) in [6, 6.07) is 13.6. The molecule has 1 heterocycles. The molecule has 0 unspecified atom stereocenters. The number of ether oxygens (including phenoxy) is 1. The zero-order chi connectivity index (χ0) is 20.4. The Morgan fingerprint density at radius 1 is 0.897 bits per heavy atom. The van der Waals surface area contributed by atoms with Crippen molar-refractivity contribution in [1.29, 1.82) is 0 Å². The van der Waals surface area contributed by atoms with Crippen LogP contribution in [0.1, 0.15) is 24.0 Å². The number of nitrogens with zero attached hydrogens (tertiary/aromatic N) is 1. The quantitative estimate of drug-likeness (QED) is 0.763. The van der Waals surface area contributed by atoms with Crippen molar-refractivity contribution in [1.82, 2.24) is 0 Å². The van der Waals surface area contributed by atoms with Crippen LogP contribution in [0.2, 0.25) is 0 Å². The first-order chi connectivity index (χ1) is 14.0. The third kappa shape index (κ3) is 3.85. The number of rotatable bonds is 5. The average molecular weight is 393 g/mol. The van der Waals surface area contributed by atoms with E-state index in [1.807, 2.05) is 56.3 Å². The van der Waals surface area contributed by atoms with Gasteiger partial charge < -0.3 is 20.3 Å². The van der Waals surface area contributed by atoms with Gasteiger partial charge in [0.1, 0.15) is 5.41 Å². The molecule has 2 aromatic carbocycles. The molecule has 0 bridgehead atoms. The number of hydrogen-bond donors (Lipinski definition) is 2. The van der Waals surface area contributed by atoms with Crippen LogP contribution in [-0.4, -0.2) is 38.1 Å². The Morgan fingerprint density at radius 2 is 1.52 bits per heavy atom. The van der Waals surface area contributed by atoms with Crippen LogP contribution < -0.4 is 15.5 Å². The van der Waals surface area contributed by atoms with Gasteiger partial charge in [-0.15, -0.1) is 0 Å². The van der Waals surface area contributed by atoms with Gasteiger partial charge in [0.2, 0.25) is 11.8 Å². The predicted octanol–water partition coefficient (Wildman–Crippen LogP) is 3.50. The first-order valence-corrected chi connectivity index (χ1v) is 10.1. The van der Waals surface area contributed by atoms with Gasteiger partial charge >= 0.3 is 0 Å². The SMILES string of the molecule is Cc1cccc(C)c1NC(=O)C1(C(=O)Nc2ccccc2N2CCOCC2)CC1. The molecule has 0 aromatic heterocycles. The number of benzene rings is 2. The minimum Gasteiger partial charge on any atom is -0.378 e. The molecular weight excluding hydrogens is 366 g/mol. The van der Waals surface area contributed by atoms with Crippen LogP contribution in [0.4, 0.5) is 17.1 Å². The predicted molar refractivity (Wildman–Crippen MR) is 114 cm³/mol. The van der Waals surface area contributed by atoms with E-state index in [1.54, 1.807) is 0 Å². The van der Waals surface area contributed by atoms with Crippen LogP contribution in [-0.2, 0) is 14.3 Å². The Hall–Kier alpha value is -2.86. The highest BCUT2D eigenvalue weighted by Gasteiger charge is 2.56. The molecule has 2 N–H and O–H groups in total. The fourth-order valence-electron chi connectivity index (χ4n) is 3.83. The molecule has 4 rings (SSSR count). The molecule has 2 fully saturated rings. The molecule has 1 saturated heterocycles. The minimum absolute atomic E-state index is 0.226. The van der Waals surface area contributed by atoms with E-state index >= 15 is 0 Å². The maximum absolute atomic E-state index is 13.1. The Labute approximate surface area is 171 Å². The van der Waals surface area contributed by atoms with E-state index in [0.29, 0.717) is 26.1 Å². The summed E-state index contributed by atoms with van der Waals surface area (Å²) in [5, 5.41) is 6.02. The van der Waals surface area contributed by atoms with E-state index in [9.17, 15) is 9.59 Å². The van der Waals surface area contributed by atoms with Gasteiger partial charge in [-0.25, -0.2) is 0 Å². The molecule has 6 heteroatoms. The minimum atomic E-state index is -0.993. The van der Waals surface area contributed by atoms with Gasteiger partial charge in [-0.3, -0.25) is 9.59 Å². The molecule has 1 aliphatic heterocycles. The highest BCUT2D eigenvalue weighted by molar-refractivity contribution is 6.17. The van der Waals surface area contributed by atoms with Gasteiger partial charge in [0.05, 0.1) is 24.6 Å². The number of amides is 2. The Balaban J connectivity index is 1.51. The summed E-state index contributed by atoms with van der Waals surface area (Å²) in [6.07, 6.45) is 1.13. The largest absolute Gasteiger partial charge is 0.378 e. The van der Waals surface area contributed by atoms with Gasteiger partial charge in [0.25, 0.3) is 0 Å². The van der Waals surface area contributed by atoms with E-state index in [0.717, 1.165) is 41.3 Å². The molecule has 2 aromatic rings. The second-order valence-electron chi connectivity index (χ2n) is 7.87. The molecule has 29 heavy (non-hydrogen) atoms. The Bertz CT molecular complexity index is 910. The maximum atomic E-state index is 13.1. The number of para-hydroxylation sites is 3. The Morgan fingerprint density at radius 3 is 2.17 bits per heavy atom. The third-order valence-corrected chi connectivity index (χ3v) is 5.84. The van der Waals surface area contributed by atoms with Gasteiger partial charge in [0.15, 0.2) is 0 Å². The van der Waals surface area contributed by atoms with Crippen LogP contribution in [0.3, 0.4) is 0 Å². The summed E-state index contributed by atoms with van der Waals surface area (Å²) >= 11 is 0. The number of hydrogen-bond acceptors (Lipinski definition) is 4. The van der Waals surface area contributed by atoms with E-state index < -0.39 is 5.41 Å². The van der Waals surface area contributed by atoms with Gasteiger partial charge in [-0.05, 0) is 49.9 Å². The van der Waals surface area contributed by atoms with Crippen molar-refractivity contribution < 1.29 is 14.3 Å². The standard InChI is InChI=1S/C23H27N3O3/c1-16-6-5-7-17(2)20(16)25-22(28)23(10-11-23)21(27)24-18-8-3-4-9-19(18)26-12-14-29-15-13-26/h3-9H,10-15H2,1-2H3,(H,24,27)(H,25,28). The smallest absolute Gasteiger partial charge is 0.240 e. The van der Waals surface area contributed by atoms with Crippen molar-refractivity contribution in [2.75, 3.05) is 41.8 Å². The number of carbonyl (C=O) groups excluding carboxylic acids is 2. The zero-order valence-corrected chi connectivity index (χ0v) is 17.0. The summed E-state index contributed by atoms with van der Waals surface area (Å²) in [6.45, 7) is 6.83. The van der Waals surface area contributed by atoms with Crippen LogP contribution in [0, 0.1) is 19.3 Å². The van der Waals surface area contributed by atoms with Crippen molar-refractivity contribution in [3.63, 3.8) is 0 Å². The summed E-state index contributed by atoms with van der Waals surface area (Å²) in [7, 11) is 0. The highest BCUT2D eigenvalue weighted by Crippen LogP contribution is 2.48. The lowest BCUT2D eigenvalue weighted by Crippen LogP contribution is -2.38. The van der Waals surface area contributed by atoms with Crippen molar-refractivity contribution >= 4 is 28.9 Å². The molecule has 6 nitrogen and oxygen atoms in total. The van der Waals surface area contributed by atoms with Gasteiger partial charge in [0, 0.05) is 18.8 Å². The highest BCUT2D eigenvalue weighted by atomic mass is 16.5. The first kappa shape index (κ1) is 19.5. The topological polar surface area (TPSA) is 70.7 Å². The van der Waals surface area contributed by atoms with E-state index in [1.165, 1.54) is 0 Å². The summed E-state index contributed by atoms with van der Waals surface area (Å²) in [4.78, 5) is 28.3. The maximum Gasteiger partial charge on any atom is 0.240 e. The summed E-state index contributed by atoms with van der Waals surface area (Å²) < 4.78 is 5.43. The van der Waals surface area contributed by atoms with Crippen molar-refractivity contribution in [3.8, 4) is 0 Å². The summed E-state index contributed by atoms with van der Waals surface area (Å²) in [5.41, 5.74) is 3.50. The van der Waals surface area contributed by atoms with Crippen LogP contribution in [0.25, 0.3) is 0 Å². The lowest BCUT2D eigenvalue weighted by molar-refractivity contribution is -0.131. The van der Waals surface area contributed by atoms with Crippen LogP contribution in [0.15, 0.2) is 42.5 Å². The fourth-order valence-corrected chi connectivity index (χ4v) is 3.83. The van der Waals surface area contributed by atoms with E-state index in [4.69, 9.17) is 4.74 Å². The van der Waals surface area contributed by atoms with Crippen molar-refractivity contribution in [3.05, 3.63) is 53.6 Å². The molecule has 0 radical (unpaired) electrons. The summed E-state index contributed by atoms with van der Waals surface area (Å²) in [5.74, 6) is -0.460. The second-order valence-corrected chi connectivity index (χ2v) is 7.87. The zero-order valence-electron chi connectivity index (χ0n) is 17.0. The van der Waals surface area contributed by atoms with Gasteiger partial charge in [-0.1, -0.05) is 30.3 Å².